The molecule has 0 saturated carbocycles. The fourth-order valence-electron chi connectivity index (χ4n) is 3.50. The van der Waals surface area contributed by atoms with E-state index >= 15 is 0 Å². The van der Waals surface area contributed by atoms with Crippen molar-refractivity contribution in [2.45, 2.75) is 51.5 Å². The predicted octanol–water partition coefficient (Wildman–Crippen LogP) is 2.37. The summed E-state index contributed by atoms with van der Waals surface area (Å²) in [4.78, 5) is 44.5. The van der Waals surface area contributed by atoms with Crippen molar-refractivity contribution < 1.29 is 4.79 Å². The SMILES string of the molecule is CCn1c(SCC(=O)N(Cc2ccccc2)C(C)(C)C)nc2c1c(=O)n(C)c(=O)n2C. The molecular formula is C22H29N5O3S. The number of aromatic nitrogens is 4. The normalized spacial score (nSPS) is 11.8. The number of rotatable bonds is 6. The number of hydrogen-bond acceptors (Lipinski definition) is 5. The molecular weight excluding hydrogens is 414 g/mol. The quantitative estimate of drug-likeness (QED) is 0.547. The summed E-state index contributed by atoms with van der Waals surface area (Å²) in [5.74, 6) is 0.166. The molecule has 0 bridgehead atoms. The second-order valence-electron chi connectivity index (χ2n) is 8.44. The first-order chi connectivity index (χ1) is 14.6. The van der Waals surface area contributed by atoms with Gasteiger partial charge in [-0.05, 0) is 33.3 Å². The summed E-state index contributed by atoms with van der Waals surface area (Å²) in [5.41, 5.74) is 0.618. The minimum absolute atomic E-state index is 0.0159. The van der Waals surface area contributed by atoms with Gasteiger partial charge in [0.25, 0.3) is 5.56 Å². The van der Waals surface area contributed by atoms with Crippen LogP contribution in [0.15, 0.2) is 45.1 Å². The molecule has 0 atom stereocenters. The standard InChI is InChI=1S/C22H29N5O3S/c1-7-26-17-18(24(5)21(30)25(6)19(17)29)23-20(26)31-14-16(28)27(22(2,3)4)13-15-11-9-8-10-12-15/h8-12H,7,13-14H2,1-6H3. The van der Waals surface area contributed by atoms with Crippen LogP contribution in [0, 0.1) is 0 Å². The number of carbonyl (C=O) groups is 1. The summed E-state index contributed by atoms with van der Waals surface area (Å²) in [6.45, 7) is 8.97. The van der Waals surface area contributed by atoms with Crippen LogP contribution >= 0.6 is 11.8 Å². The van der Waals surface area contributed by atoms with E-state index in [1.165, 1.54) is 23.4 Å². The molecule has 3 aromatic rings. The third-order valence-electron chi connectivity index (χ3n) is 5.25. The molecule has 2 heterocycles. The van der Waals surface area contributed by atoms with E-state index in [9.17, 15) is 14.4 Å². The smallest absolute Gasteiger partial charge is 0.332 e. The Kier molecular flexibility index (Phi) is 6.45. The van der Waals surface area contributed by atoms with Crippen molar-refractivity contribution in [1.82, 2.24) is 23.6 Å². The zero-order valence-electron chi connectivity index (χ0n) is 18.9. The molecule has 1 aromatic carbocycles. The number of amides is 1. The topological polar surface area (TPSA) is 82.1 Å². The van der Waals surface area contributed by atoms with Gasteiger partial charge in [-0.3, -0.25) is 18.7 Å². The maximum absolute atomic E-state index is 13.2. The number of thioether (sulfide) groups is 1. The molecule has 0 N–H and O–H groups in total. The Morgan fingerprint density at radius 1 is 1.10 bits per heavy atom. The Morgan fingerprint density at radius 3 is 2.32 bits per heavy atom. The van der Waals surface area contributed by atoms with E-state index in [2.05, 4.69) is 4.98 Å². The zero-order valence-corrected chi connectivity index (χ0v) is 19.7. The summed E-state index contributed by atoms with van der Waals surface area (Å²) in [7, 11) is 3.05. The van der Waals surface area contributed by atoms with Gasteiger partial charge in [-0.1, -0.05) is 42.1 Å². The third-order valence-corrected chi connectivity index (χ3v) is 6.21. The Labute approximate surface area is 185 Å². The molecule has 9 heteroatoms. The Balaban J connectivity index is 1.91. The van der Waals surface area contributed by atoms with Gasteiger partial charge in [0.1, 0.15) is 0 Å². The molecule has 0 aliphatic heterocycles. The monoisotopic (exact) mass is 443 g/mol. The van der Waals surface area contributed by atoms with Crippen LogP contribution in [0.5, 0.6) is 0 Å². The lowest BCUT2D eigenvalue weighted by Gasteiger charge is -2.36. The summed E-state index contributed by atoms with van der Waals surface area (Å²) in [5, 5.41) is 0.553. The summed E-state index contributed by atoms with van der Waals surface area (Å²) in [6, 6.07) is 9.89. The summed E-state index contributed by atoms with van der Waals surface area (Å²) in [6.07, 6.45) is 0. The van der Waals surface area contributed by atoms with Crippen molar-refractivity contribution in [3.8, 4) is 0 Å². The van der Waals surface area contributed by atoms with Crippen LogP contribution in [-0.2, 0) is 32.0 Å². The Morgan fingerprint density at radius 2 is 1.74 bits per heavy atom. The van der Waals surface area contributed by atoms with Crippen LogP contribution in [-0.4, -0.2) is 40.8 Å². The van der Waals surface area contributed by atoms with E-state index in [0.29, 0.717) is 29.4 Å². The van der Waals surface area contributed by atoms with Crippen molar-refractivity contribution in [1.29, 1.82) is 0 Å². The molecule has 0 unspecified atom stereocenters. The van der Waals surface area contributed by atoms with Crippen LogP contribution in [0.3, 0.4) is 0 Å². The van der Waals surface area contributed by atoms with Gasteiger partial charge in [0.05, 0.1) is 5.75 Å². The van der Waals surface area contributed by atoms with Crippen molar-refractivity contribution in [2.24, 2.45) is 14.1 Å². The van der Waals surface area contributed by atoms with E-state index in [-0.39, 0.29) is 22.8 Å². The van der Waals surface area contributed by atoms with E-state index < -0.39 is 5.69 Å². The fraction of sp³-hybridized carbons (Fsp3) is 0.455. The zero-order chi connectivity index (χ0) is 22.9. The summed E-state index contributed by atoms with van der Waals surface area (Å²) < 4.78 is 4.22. The number of hydrogen-bond donors (Lipinski definition) is 0. The number of benzene rings is 1. The lowest BCUT2D eigenvalue weighted by molar-refractivity contribution is -0.133. The summed E-state index contributed by atoms with van der Waals surface area (Å²) >= 11 is 1.29. The average Bonchev–Trinajstić information content (AvgIpc) is 3.11. The van der Waals surface area contributed by atoms with Crippen LogP contribution in [0.1, 0.15) is 33.3 Å². The van der Waals surface area contributed by atoms with Gasteiger partial charge in [-0.15, -0.1) is 0 Å². The molecule has 0 aliphatic carbocycles. The van der Waals surface area contributed by atoms with Gasteiger partial charge in [-0.25, -0.2) is 9.78 Å². The minimum Gasteiger partial charge on any atom is -0.333 e. The molecule has 0 aliphatic rings. The molecule has 31 heavy (non-hydrogen) atoms. The first-order valence-corrected chi connectivity index (χ1v) is 11.2. The highest BCUT2D eigenvalue weighted by Crippen LogP contribution is 2.24. The number of imidazole rings is 1. The largest absolute Gasteiger partial charge is 0.333 e. The van der Waals surface area contributed by atoms with Gasteiger partial charge in [0.2, 0.25) is 5.91 Å². The second kappa shape index (κ2) is 8.74. The molecule has 8 nitrogen and oxygen atoms in total. The minimum atomic E-state index is -0.423. The van der Waals surface area contributed by atoms with Crippen molar-refractivity contribution in [3.63, 3.8) is 0 Å². The van der Waals surface area contributed by atoms with Crippen LogP contribution in [0.4, 0.5) is 0 Å². The highest BCUT2D eigenvalue weighted by atomic mass is 32.2. The third kappa shape index (κ3) is 4.46. The van der Waals surface area contributed by atoms with Crippen LogP contribution in [0.25, 0.3) is 11.2 Å². The van der Waals surface area contributed by atoms with Crippen molar-refractivity contribution in [3.05, 3.63) is 56.7 Å². The van der Waals surface area contributed by atoms with Gasteiger partial charge < -0.3 is 9.47 Å². The molecule has 1 amide bonds. The van der Waals surface area contributed by atoms with Crippen LogP contribution in [0.2, 0.25) is 0 Å². The maximum Gasteiger partial charge on any atom is 0.332 e. The second-order valence-corrected chi connectivity index (χ2v) is 9.38. The predicted molar refractivity (Wildman–Crippen MR) is 123 cm³/mol. The fourth-order valence-corrected chi connectivity index (χ4v) is 4.44. The van der Waals surface area contributed by atoms with Gasteiger partial charge in [0, 0.05) is 32.7 Å². The molecule has 0 spiro atoms. The van der Waals surface area contributed by atoms with E-state index in [4.69, 9.17) is 0 Å². The number of fused-ring (bicyclic) bond motifs is 1. The first-order valence-electron chi connectivity index (χ1n) is 10.2. The molecule has 2 aromatic heterocycles. The maximum atomic E-state index is 13.2. The highest BCUT2D eigenvalue weighted by Gasteiger charge is 2.27. The van der Waals surface area contributed by atoms with E-state index in [1.807, 2.05) is 62.9 Å². The average molecular weight is 444 g/mol. The number of aryl methyl sites for hydroxylation is 2. The number of nitrogens with zero attached hydrogens (tertiary/aromatic N) is 5. The molecule has 3 rings (SSSR count). The highest BCUT2D eigenvalue weighted by molar-refractivity contribution is 7.99. The molecule has 0 radical (unpaired) electrons. The molecule has 0 saturated heterocycles. The van der Waals surface area contributed by atoms with Gasteiger partial charge in [-0.2, -0.15) is 0 Å². The lowest BCUT2D eigenvalue weighted by atomic mass is 10.0. The van der Waals surface area contributed by atoms with E-state index in [1.54, 1.807) is 11.6 Å². The van der Waals surface area contributed by atoms with Crippen molar-refractivity contribution in [2.75, 3.05) is 5.75 Å². The Bertz CT molecular complexity index is 1220. The van der Waals surface area contributed by atoms with Gasteiger partial charge >= 0.3 is 5.69 Å². The molecule has 0 fully saturated rings. The molecule has 166 valence electrons. The Hall–Kier alpha value is -2.81. The van der Waals surface area contributed by atoms with Gasteiger partial charge in [0.15, 0.2) is 16.3 Å². The number of carbonyl (C=O) groups excluding carboxylic acids is 1. The van der Waals surface area contributed by atoms with Crippen LogP contribution < -0.4 is 11.2 Å². The first kappa shape index (κ1) is 22.9. The van der Waals surface area contributed by atoms with E-state index in [0.717, 1.165) is 10.1 Å². The van der Waals surface area contributed by atoms with Crippen molar-refractivity contribution >= 4 is 28.8 Å². The lowest BCUT2D eigenvalue weighted by Crippen LogP contribution is -2.45.